The van der Waals surface area contributed by atoms with Crippen molar-refractivity contribution in [1.29, 1.82) is 0 Å². The van der Waals surface area contributed by atoms with Crippen molar-refractivity contribution in [2.24, 2.45) is 21.5 Å². The number of nitrogens with zero attached hydrogens (tertiary/aromatic N) is 4. The third kappa shape index (κ3) is 2.85. The van der Waals surface area contributed by atoms with Crippen molar-refractivity contribution in [2.45, 2.75) is 44.3 Å². The number of hydrogen-bond donors (Lipinski definition) is 2. The van der Waals surface area contributed by atoms with Gasteiger partial charge in [0.2, 0.25) is 11.9 Å². The number of carbonyl (C=O) groups excluding carboxylic acids is 1. The van der Waals surface area contributed by atoms with Gasteiger partial charge >= 0.3 is 0 Å². The number of nitrogens with two attached hydrogens (primary N) is 2. The molecule has 148 valence electrons. The van der Waals surface area contributed by atoms with Gasteiger partial charge in [0.1, 0.15) is 5.66 Å². The molecule has 4 N–H and O–H groups in total. The number of hydrogen-bond acceptors (Lipinski definition) is 6. The molecule has 2 heterocycles. The lowest BCUT2D eigenvalue weighted by atomic mass is 9.87. The van der Waals surface area contributed by atoms with Crippen molar-refractivity contribution in [3.63, 3.8) is 0 Å². The van der Waals surface area contributed by atoms with Crippen molar-refractivity contribution in [3.8, 4) is 0 Å². The normalized spacial score (nSPS) is 20.5. The summed E-state index contributed by atoms with van der Waals surface area (Å²) in [7, 11) is 0. The lowest BCUT2D eigenvalue weighted by molar-refractivity contribution is 0.0996. The maximum Gasteiger partial charge on any atom is 0.258 e. The summed E-state index contributed by atoms with van der Waals surface area (Å²) in [4.78, 5) is 25.5. The average molecular weight is 388 g/mol. The second-order valence-electron chi connectivity index (χ2n) is 7.88. The van der Waals surface area contributed by atoms with E-state index in [0.717, 1.165) is 48.2 Å². The van der Waals surface area contributed by atoms with E-state index in [1.54, 1.807) is 4.90 Å². The topological polar surface area (TPSA) is 100 Å². The van der Waals surface area contributed by atoms with Crippen LogP contribution in [-0.2, 0) is 6.54 Å². The van der Waals surface area contributed by atoms with Crippen LogP contribution in [0.5, 0.6) is 0 Å². The fourth-order valence-electron chi connectivity index (χ4n) is 4.74. The monoisotopic (exact) mass is 388 g/mol. The molecule has 7 heteroatoms. The average Bonchev–Trinajstić information content (AvgIpc) is 3.05. The Balaban J connectivity index is 1.46. The zero-order chi connectivity index (χ0) is 20.0. The highest BCUT2D eigenvalue weighted by Crippen LogP contribution is 2.40. The molecule has 29 heavy (non-hydrogen) atoms. The van der Waals surface area contributed by atoms with Crippen molar-refractivity contribution in [3.05, 3.63) is 59.7 Å². The molecule has 1 amide bonds. The summed E-state index contributed by atoms with van der Waals surface area (Å²) in [6.45, 7) is 0.590. The lowest BCUT2D eigenvalue weighted by Gasteiger charge is -2.45. The van der Waals surface area contributed by atoms with E-state index >= 15 is 0 Å². The lowest BCUT2D eigenvalue weighted by Crippen LogP contribution is -2.58. The maximum absolute atomic E-state index is 12.8. The quantitative estimate of drug-likeness (QED) is 0.826. The molecule has 3 aliphatic rings. The summed E-state index contributed by atoms with van der Waals surface area (Å²) in [5, 5.41) is 0. The SMILES string of the molecule is NC1=NC2(CCCCC2)N(c2ccc(N3Cc4ccccc4C3=O)cc2)C(N)=N1. The van der Waals surface area contributed by atoms with Crippen LogP contribution in [0.25, 0.3) is 0 Å². The fourth-order valence-corrected chi connectivity index (χ4v) is 4.74. The molecule has 1 saturated carbocycles. The Kier molecular flexibility index (Phi) is 4.04. The van der Waals surface area contributed by atoms with Crippen LogP contribution < -0.4 is 21.3 Å². The summed E-state index contributed by atoms with van der Waals surface area (Å²) in [6, 6.07) is 15.6. The predicted molar refractivity (Wildman–Crippen MR) is 115 cm³/mol. The van der Waals surface area contributed by atoms with Crippen LogP contribution in [-0.4, -0.2) is 23.5 Å². The smallest absolute Gasteiger partial charge is 0.258 e. The summed E-state index contributed by atoms with van der Waals surface area (Å²) in [6.07, 6.45) is 5.15. The predicted octanol–water partition coefficient (Wildman–Crippen LogP) is 2.96. The number of anilines is 2. The third-order valence-electron chi connectivity index (χ3n) is 6.09. The first kappa shape index (κ1) is 17.7. The zero-order valence-electron chi connectivity index (χ0n) is 16.2. The molecular formula is C22H24N6O. The van der Waals surface area contributed by atoms with E-state index in [1.807, 2.05) is 53.4 Å². The summed E-state index contributed by atoms with van der Waals surface area (Å²) in [5.74, 6) is 0.656. The van der Waals surface area contributed by atoms with Gasteiger partial charge in [0.05, 0.1) is 6.54 Å². The Morgan fingerprint density at radius 2 is 1.59 bits per heavy atom. The maximum atomic E-state index is 12.8. The minimum Gasteiger partial charge on any atom is -0.369 e. The first-order valence-electron chi connectivity index (χ1n) is 10.1. The summed E-state index contributed by atoms with van der Waals surface area (Å²) >= 11 is 0. The van der Waals surface area contributed by atoms with Crippen LogP contribution in [0, 0.1) is 0 Å². The Bertz CT molecular complexity index is 1020. The number of amides is 1. The van der Waals surface area contributed by atoms with E-state index in [-0.39, 0.29) is 11.9 Å². The van der Waals surface area contributed by atoms with E-state index in [9.17, 15) is 4.79 Å². The number of guanidine groups is 2. The highest BCUT2D eigenvalue weighted by Gasteiger charge is 2.42. The summed E-state index contributed by atoms with van der Waals surface area (Å²) in [5.41, 5.74) is 15.4. The van der Waals surface area contributed by atoms with Crippen LogP contribution in [0.15, 0.2) is 58.5 Å². The van der Waals surface area contributed by atoms with Gasteiger partial charge in [-0.25, -0.2) is 4.99 Å². The Labute approximate surface area is 169 Å². The van der Waals surface area contributed by atoms with Crippen molar-refractivity contribution in [2.75, 3.05) is 9.80 Å². The highest BCUT2D eigenvalue weighted by molar-refractivity contribution is 6.10. The van der Waals surface area contributed by atoms with Gasteiger partial charge in [0.25, 0.3) is 5.91 Å². The van der Waals surface area contributed by atoms with Gasteiger partial charge < -0.3 is 16.4 Å². The van der Waals surface area contributed by atoms with Gasteiger partial charge in [-0.3, -0.25) is 9.69 Å². The van der Waals surface area contributed by atoms with E-state index < -0.39 is 5.66 Å². The zero-order valence-corrected chi connectivity index (χ0v) is 16.2. The van der Waals surface area contributed by atoms with Gasteiger partial charge in [0.15, 0.2) is 0 Å². The minimum atomic E-state index is -0.463. The molecule has 1 aliphatic carbocycles. The molecule has 7 nitrogen and oxygen atoms in total. The second-order valence-corrected chi connectivity index (χ2v) is 7.88. The molecule has 1 spiro atoms. The molecule has 0 atom stereocenters. The molecular weight excluding hydrogens is 364 g/mol. The van der Waals surface area contributed by atoms with Gasteiger partial charge in [0, 0.05) is 16.9 Å². The van der Waals surface area contributed by atoms with Crippen molar-refractivity contribution < 1.29 is 4.79 Å². The van der Waals surface area contributed by atoms with Crippen molar-refractivity contribution in [1.82, 2.24) is 0 Å². The number of fused-ring (bicyclic) bond motifs is 1. The molecule has 2 aliphatic heterocycles. The van der Waals surface area contributed by atoms with Gasteiger partial charge in [-0.15, -0.1) is 0 Å². The van der Waals surface area contributed by atoms with Gasteiger partial charge in [-0.05, 0) is 61.6 Å². The fraction of sp³-hybridized carbons (Fsp3) is 0.318. The molecule has 0 bridgehead atoms. The van der Waals surface area contributed by atoms with Crippen LogP contribution in [0.1, 0.15) is 48.0 Å². The molecule has 2 aromatic rings. The number of benzene rings is 2. The number of rotatable bonds is 2. The van der Waals surface area contributed by atoms with Crippen LogP contribution in [0.2, 0.25) is 0 Å². The highest BCUT2D eigenvalue weighted by atomic mass is 16.2. The first-order chi connectivity index (χ1) is 14.1. The largest absolute Gasteiger partial charge is 0.369 e. The van der Waals surface area contributed by atoms with Gasteiger partial charge in [-0.1, -0.05) is 24.6 Å². The second kappa shape index (κ2) is 6.62. The van der Waals surface area contributed by atoms with E-state index in [2.05, 4.69) is 4.99 Å². The first-order valence-corrected chi connectivity index (χ1v) is 10.1. The molecule has 0 aromatic heterocycles. The van der Waals surface area contributed by atoms with E-state index in [0.29, 0.717) is 12.5 Å². The molecule has 0 saturated heterocycles. The number of aliphatic imine (C=N–C) groups is 2. The number of carbonyl (C=O) groups is 1. The van der Waals surface area contributed by atoms with Crippen LogP contribution in [0.4, 0.5) is 11.4 Å². The Hall–Kier alpha value is -3.35. The van der Waals surface area contributed by atoms with Crippen LogP contribution >= 0.6 is 0 Å². The Morgan fingerprint density at radius 3 is 2.31 bits per heavy atom. The minimum absolute atomic E-state index is 0.0357. The third-order valence-corrected chi connectivity index (χ3v) is 6.09. The molecule has 1 fully saturated rings. The Morgan fingerprint density at radius 1 is 0.897 bits per heavy atom. The van der Waals surface area contributed by atoms with Gasteiger partial charge in [-0.2, -0.15) is 4.99 Å². The molecule has 0 unspecified atom stereocenters. The van der Waals surface area contributed by atoms with E-state index in [1.165, 1.54) is 6.42 Å². The van der Waals surface area contributed by atoms with E-state index in [4.69, 9.17) is 16.5 Å². The van der Waals surface area contributed by atoms with Crippen LogP contribution in [0.3, 0.4) is 0 Å². The summed E-state index contributed by atoms with van der Waals surface area (Å²) < 4.78 is 0. The standard InChI is InChI=1S/C22H24N6O/c23-20-25-21(24)28(22(26-20)12-4-1-5-13-22)17-10-8-16(9-11-17)27-14-15-6-2-3-7-18(15)19(27)29/h2-3,6-11H,1,4-5,12-14H2,(H4,23,24,25,26). The molecule has 0 radical (unpaired) electrons. The molecule has 5 rings (SSSR count). The molecule has 2 aromatic carbocycles. The van der Waals surface area contributed by atoms with Crippen molar-refractivity contribution >= 4 is 29.2 Å².